The second-order valence-corrected chi connectivity index (χ2v) is 9.77. The Morgan fingerprint density at radius 2 is 1.53 bits per heavy atom. The van der Waals surface area contributed by atoms with Gasteiger partial charge in [-0.1, -0.05) is 85.6 Å². The number of benzene rings is 3. The molecular weight excluding hydrogens is 465 g/mol. The van der Waals surface area contributed by atoms with Gasteiger partial charge in [-0.2, -0.15) is 0 Å². The minimum atomic E-state index is 0.0464. The van der Waals surface area contributed by atoms with Crippen LogP contribution in [0.4, 0.5) is 0 Å². The lowest BCUT2D eigenvalue weighted by Gasteiger charge is -2.24. The number of para-hydroxylation sites is 2. The number of fused-ring (bicyclic) bond motifs is 1. The number of hydrogen-bond acceptors (Lipinski definition) is 2. The Labute approximate surface area is 211 Å². The van der Waals surface area contributed by atoms with Crippen molar-refractivity contribution in [3.05, 3.63) is 99.8 Å². The molecule has 1 amide bonds. The molecule has 0 fully saturated rings. The molecule has 0 aliphatic rings. The van der Waals surface area contributed by atoms with Crippen molar-refractivity contribution in [2.75, 3.05) is 6.54 Å². The standard InChI is InChI=1S/C28H29Cl2N3O/c1-20(2)15-16-32(28(34)17-21-9-3-5-11-23(21)29)19-27-31-25-13-7-8-14-26(25)33(27)18-22-10-4-6-12-24(22)30/h3-14,20H,15-19H2,1-2H3. The molecule has 3 aromatic carbocycles. The van der Waals surface area contributed by atoms with Gasteiger partial charge in [0.2, 0.25) is 5.91 Å². The zero-order valence-electron chi connectivity index (χ0n) is 19.5. The first-order valence-electron chi connectivity index (χ1n) is 11.6. The van der Waals surface area contributed by atoms with Crippen LogP contribution in [0.1, 0.15) is 37.2 Å². The Morgan fingerprint density at radius 3 is 2.21 bits per heavy atom. The highest BCUT2D eigenvalue weighted by atomic mass is 35.5. The summed E-state index contributed by atoms with van der Waals surface area (Å²) in [6.45, 7) is 6.02. The number of imidazole rings is 1. The van der Waals surface area contributed by atoms with Gasteiger partial charge in [0.1, 0.15) is 5.82 Å². The third kappa shape index (κ3) is 5.81. The van der Waals surface area contributed by atoms with Crippen LogP contribution < -0.4 is 0 Å². The number of amides is 1. The molecular formula is C28H29Cl2N3O. The van der Waals surface area contributed by atoms with Crippen molar-refractivity contribution in [2.45, 2.75) is 39.8 Å². The molecule has 0 atom stereocenters. The van der Waals surface area contributed by atoms with E-state index in [1.807, 2.05) is 71.6 Å². The van der Waals surface area contributed by atoms with Crippen molar-refractivity contribution < 1.29 is 4.79 Å². The fraction of sp³-hybridized carbons (Fsp3) is 0.286. The van der Waals surface area contributed by atoms with Crippen molar-refractivity contribution in [1.29, 1.82) is 0 Å². The number of carbonyl (C=O) groups is 1. The Balaban J connectivity index is 1.67. The predicted molar refractivity (Wildman–Crippen MR) is 140 cm³/mol. The summed E-state index contributed by atoms with van der Waals surface area (Å²) >= 11 is 12.8. The molecule has 0 saturated carbocycles. The van der Waals surface area contributed by atoms with Crippen molar-refractivity contribution >= 4 is 40.1 Å². The Morgan fingerprint density at radius 1 is 0.912 bits per heavy atom. The Bertz CT molecular complexity index is 1280. The zero-order chi connectivity index (χ0) is 24.1. The Kier molecular flexibility index (Phi) is 7.91. The fourth-order valence-corrected chi connectivity index (χ4v) is 4.41. The highest BCUT2D eigenvalue weighted by Crippen LogP contribution is 2.24. The number of carbonyl (C=O) groups excluding carboxylic acids is 1. The lowest BCUT2D eigenvalue weighted by atomic mass is 10.1. The molecule has 0 unspecified atom stereocenters. The zero-order valence-corrected chi connectivity index (χ0v) is 21.1. The van der Waals surface area contributed by atoms with Crippen LogP contribution in [-0.2, 0) is 24.3 Å². The lowest BCUT2D eigenvalue weighted by Crippen LogP contribution is -2.34. The van der Waals surface area contributed by atoms with Gasteiger partial charge in [0.15, 0.2) is 0 Å². The lowest BCUT2D eigenvalue weighted by molar-refractivity contribution is -0.131. The molecule has 0 bridgehead atoms. The summed E-state index contributed by atoms with van der Waals surface area (Å²) in [5, 5.41) is 1.34. The number of rotatable bonds is 9. The highest BCUT2D eigenvalue weighted by Gasteiger charge is 2.20. The molecule has 1 heterocycles. The average Bonchev–Trinajstić information content (AvgIpc) is 3.16. The SMILES string of the molecule is CC(C)CCN(Cc1nc2ccccc2n1Cc1ccccc1Cl)C(=O)Cc1ccccc1Cl. The molecule has 0 aliphatic carbocycles. The van der Waals surface area contributed by atoms with Crippen LogP contribution in [0.5, 0.6) is 0 Å². The molecule has 4 rings (SSSR count). The molecule has 4 aromatic rings. The second-order valence-electron chi connectivity index (χ2n) is 8.96. The smallest absolute Gasteiger partial charge is 0.227 e. The second kappa shape index (κ2) is 11.1. The normalized spacial score (nSPS) is 11.3. The molecule has 176 valence electrons. The number of nitrogens with zero attached hydrogens (tertiary/aromatic N) is 3. The van der Waals surface area contributed by atoms with E-state index >= 15 is 0 Å². The quantitative estimate of drug-likeness (QED) is 0.251. The van der Waals surface area contributed by atoms with Gasteiger partial charge in [-0.25, -0.2) is 4.98 Å². The van der Waals surface area contributed by atoms with Crippen molar-refractivity contribution in [2.24, 2.45) is 5.92 Å². The van der Waals surface area contributed by atoms with Crippen LogP contribution in [0.3, 0.4) is 0 Å². The van der Waals surface area contributed by atoms with Crippen molar-refractivity contribution in [1.82, 2.24) is 14.5 Å². The third-order valence-corrected chi connectivity index (χ3v) is 6.72. The predicted octanol–water partition coefficient (Wildman–Crippen LogP) is 7.01. The summed E-state index contributed by atoms with van der Waals surface area (Å²) < 4.78 is 2.17. The Hall–Kier alpha value is -2.82. The molecule has 0 spiro atoms. The van der Waals surface area contributed by atoms with Crippen LogP contribution in [0.2, 0.25) is 10.0 Å². The third-order valence-electron chi connectivity index (χ3n) is 5.98. The van der Waals surface area contributed by atoms with E-state index in [2.05, 4.69) is 24.5 Å². The molecule has 1 aromatic heterocycles. The number of halogens is 2. The summed E-state index contributed by atoms with van der Waals surface area (Å²) in [4.78, 5) is 20.3. The summed E-state index contributed by atoms with van der Waals surface area (Å²) in [6.07, 6.45) is 1.18. The first kappa shape index (κ1) is 24.3. The summed E-state index contributed by atoms with van der Waals surface area (Å²) in [7, 11) is 0. The van der Waals surface area contributed by atoms with Crippen LogP contribution >= 0.6 is 23.2 Å². The summed E-state index contributed by atoms with van der Waals surface area (Å²) in [5.41, 5.74) is 3.80. The largest absolute Gasteiger partial charge is 0.335 e. The van der Waals surface area contributed by atoms with E-state index < -0.39 is 0 Å². The van der Waals surface area contributed by atoms with E-state index in [0.717, 1.165) is 39.4 Å². The van der Waals surface area contributed by atoms with Gasteiger partial charge in [-0.3, -0.25) is 4.79 Å². The van der Waals surface area contributed by atoms with Crippen LogP contribution in [0.15, 0.2) is 72.8 Å². The van der Waals surface area contributed by atoms with Crippen LogP contribution in [-0.4, -0.2) is 26.9 Å². The minimum Gasteiger partial charge on any atom is -0.335 e. The molecule has 34 heavy (non-hydrogen) atoms. The molecule has 0 saturated heterocycles. The fourth-order valence-electron chi connectivity index (χ4n) is 4.01. The molecule has 0 aliphatic heterocycles. The van der Waals surface area contributed by atoms with Gasteiger partial charge in [0, 0.05) is 16.6 Å². The molecule has 4 nitrogen and oxygen atoms in total. The van der Waals surface area contributed by atoms with E-state index in [1.165, 1.54) is 0 Å². The van der Waals surface area contributed by atoms with E-state index in [9.17, 15) is 4.79 Å². The van der Waals surface area contributed by atoms with Gasteiger partial charge in [0.05, 0.1) is 30.5 Å². The molecule has 0 N–H and O–H groups in total. The van der Waals surface area contributed by atoms with E-state index in [1.54, 1.807) is 0 Å². The monoisotopic (exact) mass is 493 g/mol. The summed E-state index contributed by atoms with van der Waals surface area (Å²) in [6, 6.07) is 23.4. The number of hydrogen-bond donors (Lipinski definition) is 0. The maximum Gasteiger partial charge on any atom is 0.227 e. The van der Waals surface area contributed by atoms with E-state index in [0.29, 0.717) is 30.6 Å². The summed E-state index contributed by atoms with van der Waals surface area (Å²) in [5.74, 6) is 1.38. The van der Waals surface area contributed by atoms with Gasteiger partial charge in [0.25, 0.3) is 0 Å². The number of aromatic nitrogens is 2. The minimum absolute atomic E-state index is 0.0464. The van der Waals surface area contributed by atoms with Gasteiger partial charge < -0.3 is 9.47 Å². The van der Waals surface area contributed by atoms with Gasteiger partial charge in [-0.15, -0.1) is 0 Å². The molecule has 6 heteroatoms. The van der Waals surface area contributed by atoms with Crippen LogP contribution in [0, 0.1) is 5.92 Å². The van der Waals surface area contributed by atoms with E-state index in [-0.39, 0.29) is 12.3 Å². The highest BCUT2D eigenvalue weighted by molar-refractivity contribution is 6.31. The van der Waals surface area contributed by atoms with E-state index in [4.69, 9.17) is 28.2 Å². The van der Waals surface area contributed by atoms with Crippen molar-refractivity contribution in [3.63, 3.8) is 0 Å². The van der Waals surface area contributed by atoms with Crippen molar-refractivity contribution in [3.8, 4) is 0 Å². The maximum atomic E-state index is 13.4. The molecule has 0 radical (unpaired) electrons. The topological polar surface area (TPSA) is 38.1 Å². The van der Waals surface area contributed by atoms with Crippen LogP contribution in [0.25, 0.3) is 11.0 Å². The first-order chi connectivity index (χ1) is 16.4. The average molecular weight is 494 g/mol. The maximum absolute atomic E-state index is 13.4. The van der Waals surface area contributed by atoms with Gasteiger partial charge in [-0.05, 0) is 47.7 Å². The first-order valence-corrected chi connectivity index (χ1v) is 12.4. The van der Waals surface area contributed by atoms with Gasteiger partial charge >= 0.3 is 0 Å².